The maximum absolute atomic E-state index is 12.4. The number of hydrogen-bond acceptors (Lipinski definition) is 5. The van der Waals surface area contributed by atoms with Gasteiger partial charge in [-0.2, -0.15) is 0 Å². The molecule has 0 aliphatic rings. The minimum Gasteiger partial charge on any atom is -0.464 e. The Bertz CT molecular complexity index is 1260. The molecule has 4 rings (SSSR count). The van der Waals surface area contributed by atoms with Crippen molar-refractivity contribution in [2.75, 3.05) is 0 Å². The maximum atomic E-state index is 12.4. The normalized spacial score (nSPS) is 11.2. The van der Waals surface area contributed by atoms with Crippen LogP contribution in [-0.2, 0) is 22.6 Å². The predicted octanol–water partition coefficient (Wildman–Crippen LogP) is 4.75. The molecule has 4 aromatic rings. The number of furan rings is 1. The van der Waals surface area contributed by atoms with Crippen LogP contribution in [0, 0.1) is 20.8 Å². The van der Waals surface area contributed by atoms with Crippen molar-refractivity contribution in [3.63, 3.8) is 0 Å². The molecule has 2 aromatic carbocycles. The highest BCUT2D eigenvalue weighted by Crippen LogP contribution is 2.24. The molecule has 28 heavy (non-hydrogen) atoms. The van der Waals surface area contributed by atoms with Gasteiger partial charge in [0, 0.05) is 28.0 Å². The predicted molar refractivity (Wildman–Crippen MR) is 106 cm³/mol. The topological polar surface area (TPSA) is 69.7 Å². The van der Waals surface area contributed by atoms with Gasteiger partial charge in [-0.05, 0) is 55.7 Å². The monoisotopic (exact) mass is 376 g/mol. The Morgan fingerprint density at radius 2 is 1.71 bits per heavy atom. The molecule has 0 aliphatic carbocycles. The van der Waals surface area contributed by atoms with Crippen molar-refractivity contribution in [2.24, 2.45) is 0 Å². The van der Waals surface area contributed by atoms with Gasteiger partial charge >= 0.3 is 11.6 Å². The first-order valence-electron chi connectivity index (χ1n) is 9.07. The van der Waals surface area contributed by atoms with Gasteiger partial charge < -0.3 is 13.6 Å². The minimum atomic E-state index is -0.460. The summed E-state index contributed by atoms with van der Waals surface area (Å²) < 4.78 is 16.3. The highest BCUT2D eigenvalue weighted by molar-refractivity contribution is 5.86. The molecule has 0 saturated heterocycles. The fraction of sp³-hybridized carbons (Fsp3) is 0.217. The molecule has 0 unspecified atom stereocenters. The van der Waals surface area contributed by atoms with Crippen LogP contribution in [0.4, 0.5) is 0 Å². The largest absolute Gasteiger partial charge is 0.464 e. The Morgan fingerprint density at radius 1 is 0.929 bits per heavy atom. The van der Waals surface area contributed by atoms with Gasteiger partial charge in [-0.1, -0.05) is 12.1 Å². The van der Waals surface area contributed by atoms with Crippen molar-refractivity contribution in [1.82, 2.24) is 0 Å². The summed E-state index contributed by atoms with van der Waals surface area (Å²) in [6.07, 6.45) is 1.69. The van der Waals surface area contributed by atoms with Gasteiger partial charge in [0.05, 0.1) is 12.7 Å². The molecule has 0 saturated carbocycles. The summed E-state index contributed by atoms with van der Waals surface area (Å²) in [7, 11) is 0. The minimum absolute atomic E-state index is 0.0122. The van der Waals surface area contributed by atoms with Crippen LogP contribution in [0.3, 0.4) is 0 Å². The third-order valence-electron chi connectivity index (χ3n) is 4.98. The van der Waals surface area contributed by atoms with E-state index in [0.29, 0.717) is 11.1 Å². The molecule has 0 fully saturated rings. The average molecular weight is 376 g/mol. The van der Waals surface area contributed by atoms with Crippen LogP contribution in [-0.4, -0.2) is 5.97 Å². The summed E-state index contributed by atoms with van der Waals surface area (Å²) in [6, 6.07) is 11.0. The maximum Gasteiger partial charge on any atom is 0.336 e. The van der Waals surface area contributed by atoms with Crippen LogP contribution < -0.4 is 5.63 Å². The molecule has 5 nitrogen and oxygen atoms in total. The Kier molecular flexibility index (Phi) is 4.51. The van der Waals surface area contributed by atoms with Crippen LogP contribution in [0.5, 0.6) is 0 Å². The van der Waals surface area contributed by atoms with Gasteiger partial charge in [0.1, 0.15) is 17.8 Å². The number of fused-ring (bicyclic) bond motifs is 2. The Balaban J connectivity index is 1.55. The van der Waals surface area contributed by atoms with E-state index in [2.05, 4.69) is 0 Å². The van der Waals surface area contributed by atoms with E-state index >= 15 is 0 Å². The summed E-state index contributed by atoms with van der Waals surface area (Å²) in [5, 5.41) is 1.68. The Morgan fingerprint density at radius 3 is 2.54 bits per heavy atom. The SMILES string of the molecule is Cc1ccc2c(CC(=O)OCc3cc(=O)oc4cc(C)c(C)cc34)coc2c1. The third-order valence-corrected chi connectivity index (χ3v) is 4.98. The lowest BCUT2D eigenvalue weighted by molar-refractivity contribution is -0.144. The van der Waals surface area contributed by atoms with Crippen molar-refractivity contribution >= 4 is 27.9 Å². The van der Waals surface area contributed by atoms with Crippen LogP contribution in [0.1, 0.15) is 27.8 Å². The first kappa shape index (κ1) is 18.0. The lowest BCUT2D eigenvalue weighted by Gasteiger charge is -2.09. The standard InChI is InChI=1S/C23H20O5/c1-13-4-5-18-16(11-26-20(18)6-13)9-22(24)27-12-17-10-23(25)28-21-8-15(3)14(2)7-19(17)21/h4-8,10-11H,9,12H2,1-3H3. The second-order valence-corrected chi connectivity index (χ2v) is 7.12. The second kappa shape index (κ2) is 7.00. The number of hydrogen-bond donors (Lipinski definition) is 0. The molecule has 2 heterocycles. The summed E-state index contributed by atoms with van der Waals surface area (Å²) in [6.45, 7) is 5.94. The summed E-state index contributed by atoms with van der Waals surface area (Å²) >= 11 is 0. The van der Waals surface area contributed by atoms with E-state index in [1.165, 1.54) is 6.07 Å². The molecule has 5 heteroatoms. The van der Waals surface area contributed by atoms with Crippen molar-refractivity contribution in [1.29, 1.82) is 0 Å². The Labute approximate surface area is 161 Å². The zero-order valence-electron chi connectivity index (χ0n) is 16.0. The van der Waals surface area contributed by atoms with Crippen LogP contribution in [0.25, 0.3) is 21.9 Å². The molecule has 0 radical (unpaired) electrons. The van der Waals surface area contributed by atoms with Crippen molar-refractivity contribution in [3.8, 4) is 0 Å². The first-order valence-corrected chi connectivity index (χ1v) is 9.07. The number of ether oxygens (including phenoxy) is 1. The molecule has 0 atom stereocenters. The molecule has 0 aliphatic heterocycles. The van der Waals surface area contributed by atoms with E-state index in [1.54, 1.807) is 6.26 Å². The molecule has 0 bridgehead atoms. The quantitative estimate of drug-likeness (QED) is 0.380. The summed E-state index contributed by atoms with van der Waals surface area (Å²) in [4.78, 5) is 24.2. The van der Waals surface area contributed by atoms with Gasteiger partial charge in [0.15, 0.2) is 0 Å². The van der Waals surface area contributed by atoms with Gasteiger partial charge in [-0.25, -0.2) is 4.79 Å². The van der Waals surface area contributed by atoms with Crippen molar-refractivity contribution in [3.05, 3.63) is 80.9 Å². The Hall–Kier alpha value is -3.34. The molecule has 2 aromatic heterocycles. The summed E-state index contributed by atoms with van der Waals surface area (Å²) in [5.41, 5.74) is 5.41. The molecule has 142 valence electrons. The molecule has 0 spiro atoms. The molecular formula is C23H20O5. The number of benzene rings is 2. The fourth-order valence-corrected chi connectivity index (χ4v) is 3.29. The average Bonchev–Trinajstić information content (AvgIpc) is 3.03. The zero-order chi connectivity index (χ0) is 19.8. The zero-order valence-corrected chi connectivity index (χ0v) is 16.0. The van der Waals surface area contributed by atoms with Gasteiger partial charge in [0.2, 0.25) is 0 Å². The lowest BCUT2D eigenvalue weighted by Crippen LogP contribution is -2.10. The third kappa shape index (κ3) is 3.43. The number of aryl methyl sites for hydroxylation is 3. The van der Waals surface area contributed by atoms with E-state index in [0.717, 1.165) is 38.6 Å². The van der Waals surface area contributed by atoms with Gasteiger partial charge in [0.25, 0.3) is 0 Å². The number of esters is 1. The number of rotatable bonds is 4. The van der Waals surface area contributed by atoms with E-state index in [-0.39, 0.29) is 19.0 Å². The van der Waals surface area contributed by atoms with Crippen LogP contribution >= 0.6 is 0 Å². The first-order chi connectivity index (χ1) is 13.4. The molecule has 0 amide bonds. The van der Waals surface area contributed by atoms with Crippen molar-refractivity contribution < 1.29 is 18.4 Å². The lowest BCUT2D eigenvalue weighted by atomic mass is 10.0. The van der Waals surface area contributed by atoms with Gasteiger partial charge in [-0.15, -0.1) is 0 Å². The number of carbonyl (C=O) groups is 1. The molecule has 0 N–H and O–H groups in total. The number of carbonyl (C=O) groups excluding carboxylic acids is 1. The van der Waals surface area contributed by atoms with E-state index in [4.69, 9.17) is 13.6 Å². The highest BCUT2D eigenvalue weighted by atomic mass is 16.5. The van der Waals surface area contributed by atoms with E-state index in [1.807, 2.05) is 51.1 Å². The van der Waals surface area contributed by atoms with E-state index < -0.39 is 5.63 Å². The van der Waals surface area contributed by atoms with Crippen molar-refractivity contribution in [2.45, 2.75) is 33.8 Å². The molecular weight excluding hydrogens is 356 g/mol. The highest BCUT2D eigenvalue weighted by Gasteiger charge is 2.14. The van der Waals surface area contributed by atoms with Crippen LogP contribution in [0.2, 0.25) is 0 Å². The summed E-state index contributed by atoms with van der Waals surface area (Å²) in [5.74, 6) is -0.381. The van der Waals surface area contributed by atoms with Crippen LogP contribution in [0.15, 0.2) is 56.3 Å². The van der Waals surface area contributed by atoms with E-state index in [9.17, 15) is 9.59 Å². The second-order valence-electron chi connectivity index (χ2n) is 7.12. The van der Waals surface area contributed by atoms with Gasteiger partial charge in [-0.3, -0.25) is 4.79 Å². The smallest absolute Gasteiger partial charge is 0.336 e. The fourth-order valence-electron chi connectivity index (χ4n) is 3.29.